The highest BCUT2D eigenvalue weighted by molar-refractivity contribution is 5.91. The van der Waals surface area contributed by atoms with Gasteiger partial charge in [-0.05, 0) is 38.4 Å². The Kier molecular flexibility index (Phi) is 6.68. The molecule has 5 nitrogen and oxygen atoms in total. The number of carbonyl (C=O) groups is 1. The highest BCUT2D eigenvalue weighted by Crippen LogP contribution is 2.17. The van der Waals surface area contributed by atoms with E-state index in [0.717, 1.165) is 50.5 Å². The summed E-state index contributed by atoms with van der Waals surface area (Å²) in [7, 11) is 1.62. The lowest BCUT2D eigenvalue weighted by Gasteiger charge is -2.32. The zero-order valence-electron chi connectivity index (χ0n) is 13.5. The van der Waals surface area contributed by atoms with Crippen LogP contribution in [-0.4, -0.2) is 50.3 Å². The Morgan fingerprint density at radius 3 is 3.09 bits per heavy atom. The number of hydrogen-bond acceptors (Lipinski definition) is 4. The fourth-order valence-corrected chi connectivity index (χ4v) is 2.77. The topological polar surface area (TPSA) is 50.8 Å². The Morgan fingerprint density at radius 2 is 2.32 bits per heavy atom. The fraction of sp³-hybridized carbons (Fsp3) is 0.588. The lowest BCUT2D eigenvalue weighted by Crippen LogP contribution is -2.40. The van der Waals surface area contributed by atoms with Crippen molar-refractivity contribution in [3.05, 3.63) is 24.3 Å². The quantitative estimate of drug-likeness (QED) is 0.841. The van der Waals surface area contributed by atoms with E-state index in [1.807, 2.05) is 31.2 Å². The van der Waals surface area contributed by atoms with Crippen molar-refractivity contribution < 1.29 is 14.3 Å². The lowest BCUT2D eigenvalue weighted by molar-refractivity contribution is -0.116. The molecule has 1 aromatic rings. The molecule has 1 saturated heterocycles. The summed E-state index contributed by atoms with van der Waals surface area (Å²) in [5, 5.41) is 2.92. The molecule has 1 heterocycles. The Morgan fingerprint density at radius 1 is 1.45 bits per heavy atom. The van der Waals surface area contributed by atoms with Gasteiger partial charge in [-0.15, -0.1) is 0 Å². The molecule has 1 aliphatic heterocycles. The third-order valence-corrected chi connectivity index (χ3v) is 3.87. The predicted molar refractivity (Wildman–Crippen MR) is 87.3 cm³/mol. The molecule has 1 aromatic carbocycles. The Labute approximate surface area is 132 Å². The zero-order chi connectivity index (χ0) is 15.8. The van der Waals surface area contributed by atoms with Crippen LogP contribution in [0.1, 0.15) is 26.2 Å². The molecule has 0 bridgehead atoms. The second-order valence-corrected chi connectivity index (χ2v) is 5.55. The number of carbonyl (C=O) groups excluding carboxylic acids is 1. The van der Waals surface area contributed by atoms with Crippen LogP contribution in [0.5, 0.6) is 5.75 Å². The molecular formula is C17H26N2O3. The van der Waals surface area contributed by atoms with E-state index in [2.05, 4.69) is 10.2 Å². The number of likely N-dealkylation sites (tertiary alicyclic amines) is 1. The third kappa shape index (κ3) is 5.31. The smallest absolute Gasteiger partial charge is 0.225 e. The molecule has 1 fully saturated rings. The van der Waals surface area contributed by atoms with Gasteiger partial charge >= 0.3 is 0 Å². The summed E-state index contributed by atoms with van der Waals surface area (Å²) in [6.07, 6.45) is 3.08. The monoisotopic (exact) mass is 306 g/mol. The van der Waals surface area contributed by atoms with Crippen molar-refractivity contribution in [2.45, 2.75) is 32.3 Å². The highest BCUT2D eigenvalue weighted by Gasteiger charge is 2.20. The molecule has 0 radical (unpaired) electrons. The maximum atomic E-state index is 12.1. The molecule has 0 aromatic heterocycles. The van der Waals surface area contributed by atoms with E-state index in [0.29, 0.717) is 12.5 Å². The minimum Gasteiger partial charge on any atom is -0.497 e. The average molecular weight is 306 g/mol. The number of nitrogens with zero attached hydrogens (tertiary/aromatic N) is 1. The summed E-state index contributed by atoms with van der Waals surface area (Å²) >= 11 is 0. The fourth-order valence-electron chi connectivity index (χ4n) is 2.77. The summed E-state index contributed by atoms with van der Waals surface area (Å²) in [5.41, 5.74) is 0.773. The predicted octanol–water partition coefficient (Wildman–Crippen LogP) is 2.52. The van der Waals surface area contributed by atoms with Crippen molar-refractivity contribution >= 4 is 11.6 Å². The second-order valence-electron chi connectivity index (χ2n) is 5.55. The number of rotatable bonds is 7. The molecule has 1 aliphatic rings. The number of amides is 1. The van der Waals surface area contributed by atoms with Crippen LogP contribution in [-0.2, 0) is 9.53 Å². The van der Waals surface area contributed by atoms with Crippen LogP contribution in [0, 0.1) is 0 Å². The maximum Gasteiger partial charge on any atom is 0.225 e. The SMILES string of the molecule is CCO[C@H]1CCCN(CCC(=O)Nc2cccc(OC)c2)C1. The van der Waals surface area contributed by atoms with E-state index in [-0.39, 0.29) is 5.91 Å². The number of hydrogen-bond donors (Lipinski definition) is 1. The number of piperidine rings is 1. The van der Waals surface area contributed by atoms with E-state index < -0.39 is 0 Å². The molecule has 1 atom stereocenters. The molecule has 0 saturated carbocycles. The first kappa shape index (κ1) is 16.8. The molecule has 1 amide bonds. The first-order valence-corrected chi connectivity index (χ1v) is 7.99. The van der Waals surface area contributed by atoms with Crippen LogP contribution in [0.4, 0.5) is 5.69 Å². The standard InChI is InChI=1S/C17H26N2O3/c1-3-22-16-8-5-10-19(13-16)11-9-17(20)18-14-6-4-7-15(12-14)21-2/h4,6-7,12,16H,3,5,8-11,13H2,1-2H3,(H,18,20)/t16-/m0/s1. The summed E-state index contributed by atoms with van der Waals surface area (Å²) in [4.78, 5) is 14.4. The van der Waals surface area contributed by atoms with Crippen molar-refractivity contribution in [2.75, 3.05) is 38.7 Å². The molecule has 122 valence electrons. The van der Waals surface area contributed by atoms with Gasteiger partial charge in [-0.2, -0.15) is 0 Å². The highest BCUT2D eigenvalue weighted by atomic mass is 16.5. The maximum absolute atomic E-state index is 12.1. The van der Waals surface area contributed by atoms with Crippen LogP contribution in [0.15, 0.2) is 24.3 Å². The van der Waals surface area contributed by atoms with Crippen LogP contribution >= 0.6 is 0 Å². The van der Waals surface area contributed by atoms with Crippen molar-refractivity contribution in [2.24, 2.45) is 0 Å². The van der Waals surface area contributed by atoms with Crippen LogP contribution in [0.3, 0.4) is 0 Å². The summed E-state index contributed by atoms with van der Waals surface area (Å²) in [5.74, 6) is 0.778. The molecular weight excluding hydrogens is 280 g/mol. The van der Waals surface area contributed by atoms with Gasteiger partial charge in [-0.25, -0.2) is 0 Å². The molecule has 0 unspecified atom stereocenters. The number of ether oxygens (including phenoxy) is 2. The number of benzene rings is 1. The average Bonchev–Trinajstić information content (AvgIpc) is 2.54. The number of nitrogens with one attached hydrogen (secondary N) is 1. The van der Waals surface area contributed by atoms with Gasteiger partial charge in [0.1, 0.15) is 5.75 Å². The molecule has 2 rings (SSSR count). The first-order chi connectivity index (χ1) is 10.7. The summed E-state index contributed by atoms with van der Waals surface area (Å²) < 4.78 is 10.8. The molecule has 22 heavy (non-hydrogen) atoms. The first-order valence-electron chi connectivity index (χ1n) is 7.99. The Bertz CT molecular complexity index is 477. The van der Waals surface area contributed by atoms with E-state index in [1.165, 1.54) is 0 Å². The normalized spacial score (nSPS) is 18.9. The minimum atomic E-state index is 0.0341. The van der Waals surface area contributed by atoms with Gasteiger partial charge < -0.3 is 19.7 Å². The van der Waals surface area contributed by atoms with E-state index in [1.54, 1.807) is 7.11 Å². The Balaban J connectivity index is 1.75. The van der Waals surface area contributed by atoms with Gasteiger partial charge in [-0.1, -0.05) is 6.07 Å². The van der Waals surface area contributed by atoms with Crippen molar-refractivity contribution in [3.8, 4) is 5.75 Å². The van der Waals surface area contributed by atoms with Gasteiger partial charge in [0.25, 0.3) is 0 Å². The van der Waals surface area contributed by atoms with Gasteiger partial charge in [0.05, 0.1) is 13.2 Å². The van der Waals surface area contributed by atoms with Gasteiger partial charge in [-0.3, -0.25) is 4.79 Å². The van der Waals surface area contributed by atoms with Crippen LogP contribution < -0.4 is 10.1 Å². The van der Waals surface area contributed by atoms with E-state index in [9.17, 15) is 4.79 Å². The van der Waals surface area contributed by atoms with E-state index in [4.69, 9.17) is 9.47 Å². The zero-order valence-corrected chi connectivity index (χ0v) is 13.5. The number of anilines is 1. The Hall–Kier alpha value is -1.59. The summed E-state index contributed by atoms with van der Waals surface area (Å²) in [6, 6.07) is 7.42. The number of methoxy groups -OCH3 is 1. The largest absolute Gasteiger partial charge is 0.497 e. The van der Waals surface area contributed by atoms with Crippen molar-refractivity contribution in [1.29, 1.82) is 0 Å². The van der Waals surface area contributed by atoms with E-state index >= 15 is 0 Å². The van der Waals surface area contributed by atoms with Crippen molar-refractivity contribution in [3.63, 3.8) is 0 Å². The lowest BCUT2D eigenvalue weighted by atomic mass is 10.1. The molecule has 0 spiro atoms. The molecule has 0 aliphatic carbocycles. The van der Waals surface area contributed by atoms with Crippen LogP contribution in [0.25, 0.3) is 0 Å². The molecule has 5 heteroatoms. The second kappa shape index (κ2) is 8.76. The minimum absolute atomic E-state index is 0.0341. The van der Waals surface area contributed by atoms with Crippen LogP contribution in [0.2, 0.25) is 0 Å². The molecule has 1 N–H and O–H groups in total. The van der Waals surface area contributed by atoms with Gasteiger partial charge in [0.15, 0.2) is 0 Å². The third-order valence-electron chi connectivity index (χ3n) is 3.87. The van der Waals surface area contributed by atoms with Gasteiger partial charge in [0.2, 0.25) is 5.91 Å². The van der Waals surface area contributed by atoms with Gasteiger partial charge in [0, 0.05) is 37.9 Å². The summed E-state index contributed by atoms with van der Waals surface area (Å²) in [6.45, 7) is 5.55. The van der Waals surface area contributed by atoms with Crippen molar-refractivity contribution in [1.82, 2.24) is 4.90 Å².